The first-order chi connectivity index (χ1) is 16.6. The fourth-order valence-corrected chi connectivity index (χ4v) is 4.98. The van der Waals surface area contributed by atoms with Crippen molar-refractivity contribution in [3.63, 3.8) is 0 Å². The lowest BCUT2D eigenvalue weighted by atomic mass is 10.0. The van der Waals surface area contributed by atoms with E-state index in [1.54, 1.807) is 0 Å². The zero-order chi connectivity index (χ0) is 23.2. The van der Waals surface area contributed by atoms with Crippen LogP contribution in [0.25, 0.3) is 44.1 Å². The van der Waals surface area contributed by atoms with Crippen molar-refractivity contribution < 1.29 is 9.21 Å². The number of nitrogens with one attached hydrogen (secondary N) is 1. The van der Waals surface area contributed by atoms with Gasteiger partial charge in [-0.3, -0.25) is 4.79 Å². The van der Waals surface area contributed by atoms with Gasteiger partial charge >= 0.3 is 0 Å². The Balaban J connectivity index is 1.36. The Morgan fingerprint density at radius 2 is 1.56 bits per heavy atom. The zero-order valence-corrected chi connectivity index (χ0v) is 20.0. The van der Waals surface area contributed by atoms with Crippen LogP contribution in [0, 0.1) is 0 Å². The number of nitrogens with zero attached hydrogens (tertiary/aromatic N) is 1. The molecule has 0 radical (unpaired) electrons. The highest BCUT2D eigenvalue weighted by molar-refractivity contribution is 9.10. The summed E-state index contributed by atoms with van der Waals surface area (Å²) in [5, 5.41) is 7.46. The van der Waals surface area contributed by atoms with Crippen LogP contribution >= 0.6 is 27.5 Å². The number of amides is 1. The second kappa shape index (κ2) is 8.28. The van der Waals surface area contributed by atoms with E-state index < -0.39 is 0 Å². The molecule has 0 aliphatic heterocycles. The third kappa shape index (κ3) is 3.54. The molecule has 1 heterocycles. The molecular formula is C28H16BrClN2O2. The maximum Gasteiger partial charge on any atom is 0.256 e. The Kier molecular flexibility index (Phi) is 5.09. The van der Waals surface area contributed by atoms with Gasteiger partial charge in [-0.05, 0) is 58.6 Å². The Hall–Kier alpha value is -3.67. The van der Waals surface area contributed by atoms with Gasteiger partial charge in [0.15, 0.2) is 5.58 Å². The van der Waals surface area contributed by atoms with Crippen LogP contribution in [-0.2, 0) is 0 Å². The van der Waals surface area contributed by atoms with Gasteiger partial charge in [-0.25, -0.2) is 4.98 Å². The second-order valence-corrected chi connectivity index (χ2v) is 9.20. The fraction of sp³-hybridized carbons (Fsp3) is 0. The molecule has 0 saturated carbocycles. The first kappa shape index (κ1) is 20.9. The second-order valence-electron chi connectivity index (χ2n) is 7.94. The SMILES string of the molecule is O=C(Nc1ccc2oc(-c3cccc4c(Cl)cccc34)nc2c1)c1cccc2c(Br)cccc12. The number of aromatic nitrogens is 1. The molecule has 1 amide bonds. The Morgan fingerprint density at radius 1 is 0.824 bits per heavy atom. The molecule has 5 aromatic carbocycles. The van der Waals surface area contributed by atoms with Gasteiger partial charge in [-0.2, -0.15) is 0 Å². The van der Waals surface area contributed by atoms with Gasteiger partial charge in [0.1, 0.15) is 5.52 Å². The minimum Gasteiger partial charge on any atom is -0.436 e. The lowest BCUT2D eigenvalue weighted by Gasteiger charge is -2.09. The van der Waals surface area contributed by atoms with Crippen LogP contribution in [0.5, 0.6) is 0 Å². The van der Waals surface area contributed by atoms with E-state index in [1.807, 2.05) is 91.0 Å². The maximum absolute atomic E-state index is 13.1. The number of fused-ring (bicyclic) bond motifs is 3. The first-order valence-electron chi connectivity index (χ1n) is 10.7. The summed E-state index contributed by atoms with van der Waals surface area (Å²) in [5.41, 5.74) is 3.41. The molecule has 0 aliphatic carbocycles. The molecule has 6 rings (SSSR count). The van der Waals surface area contributed by atoms with Crippen molar-refractivity contribution in [2.24, 2.45) is 0 Å². The van der Waals surface area contributed by atoms with Crippen molar-refractivity contribution >= 4 is 71.8 Å². The van der Waals surface area contributed by atoms with Crippen LogP contribution in [0.15, 0.2) is 99.9 Å². The average molecular weight is 528 g/mol. The van der Waals surface area contributed by atoms with Crippen LogP contribution in [0.4, 0.5) is 5.69 Å². The van der Waals surface area contributed by atoms with Gasteiger partial charge in [0, 0.05) is 31.7 Å². The number of benzene rings is 5. The molecule has 34 heavy (non-hydrogen) atoms. The molecule has 6 aromatic rings. The molecule has 1 N–H and O–H groups in total. The summed E-state index contributed by atoms with van der Waals surface area (Å²) < 4.78 is 7.00. The quantitative estimate of drug-likeness (QED) is 0.251. The Labute approximate surface area is 208 Å². The van der Waals surface area contributed by atoms with E-state index in [-0.39, 0.29) is 5.91 Å². The predicted octanol–water partition coefficient (Wildman–Crippen LogP) is 8.47. The first-order valence-corrected chi connectivity index (χ1v) is 11.8. The summed E-state index contributed by atoms with van der Waals surface area (Å²) in [6.45, 7) is 0. The molecule has 164 valence electrons. The summed E-state index contributed by atoms with van der Waals surface area (Å²) >= 11 is 9.92. The van der Waals surface area contributed by atoms with Gasteiger partial charge in [0.05, 0.1) is 0 Å². The standard InChI is InChI=1S/C28H16BrClN2O2/c29-23-11-3-5-17-19(23)7-1-9-21(17)27(33)31-16-13-14-26-25(15-16)32-28(34-26)22-10-2-8-20-18(22)6-4-12-24(20)30/h1-15H,(H,31,33). The van der Waals surface area contributed by atoms with Gasteiger partial charge in [0.2, 0.25) is 5.89 Å². The molecule has 4 nitrogen and oxygen atoms in total. The molecule has 6 heteroatoms. The number of carbonyl (C=O) groups is 1. The van der Waals surface area contributed by atoms with E-state index >= 15 is 0 Å². The highest BCUT2D eigenvalue weighted by atomic mass is 79.9. The molecule has 0 unspecified atom stereocenters. The number of carbonyl (C=O) groups excluding carboxylic acids is 1. The number of oxazole rings is 1. The lowest BCUT2D eigenvalue weighted by molar-refractivity contribution is 0.102. The van der Waals surface area contributed by atoms with Crippen LogP contribution in [0.2, 0.25) is 5.02 Å². The summed E-state index contributed by atoms with van der Waals surface area (Å²) in [6, 6.07) is 28.6. The van der Waals surface area contributed by atoms with E-state index in [9.17, 15) is 4.79 Å². The minimum atomic E-state index is -0.185. The van der Waals surface area contributed by atoms with Crippen LogP contribution in [0.3, 0.4) is 0 Å². The summed E-state index contributed by atoms with van der Waals surface area (Å²) in [5.74, 6) is 0.320. The molecule has 0 aliphatic rings. The van der Waals surface area contributed by atoms with Gasteiger partial charge in [-0.1, -0.05) is 76.1 Å². The fourth-order valence-electron chi connectivity index (χ4n) is 4.25. The normalized spacial score (nSPS) is 11.4. The van der Waals surface area contributed by atoms with Crippen molar-refractivity contribution in [3.05, 3.63) is 106 Å². The molecular weight excluding hydrogens is 512 g/mol. The highest BCUT2D eigenvalue weighted by Gasteiger charge is 2.15. The highest BCUT2D eigenvalue weighted by Crippen LogP contribution is 2.34. The number of hydrogen-bond acceptors (Lipinski definition) is 3. The average Bonchev–Trinajstić information content (AvgIpc) is 3.27. The van der Waals surface area contributed by atoms with E-state index in [4.69, 9.17) is 21.0 Å². The smallest absolute Gasteiger partial charge is 0.256 e. The topological polar surface area (TPSA) is 55.1 Å². The van der Waals surface area contributed by atoms with Crippen LogP contribution in [-0.4, -0.2) is 10.9 Å². The van der Waals surface area contributed by atoms with E-state index in [2.05, 4.69) is 21.2 Å². The van der Waals surface area contributed by atoms with Crippen molar-refractivity contribution in [1.82, 2.24) is 4.98 Å². The maximum atomic E-state index is 13.1. The number of hydrogen-bond donors (Lipinski definition) is 1. The predicted molar refractivity (Wildman–Crippen MR) is 142 cm³/mol. The van der Waals surface area contributed by atoms with Gasteiger partial charge in [-0.15, -0.1) is 0 Å². The summed E-state index contributed by atoms with van der Waals surface area (Å²) in [6.07, 6.45) is 0. The van der Waals surface area contributed by atoms with Crippen LogP contribution in [0.1, 0.15) is 10.4 Å². The lowest BCUT2D eigenvalue weighted by Crippen LogP contribution is -2.12. The molecule has 0 saturated heterocycles. The molecule has 0 atom stereocenters. The molecule has 0 bridgehead atoms. The van der Waals surface area contributed by atoms with Crippen molar-refractivity contribution in [2.75, 3.05) is 5.32 Å². The van der Waals surface area contributed by atoms with E-state index in [0.717, 1.165) is 31.6 Å². The van der Waals surface area contributed by atoms with Crippen molar-refractivity contribution in [1.29, 1.82) is 0 Å². The zero-order valence-electron chi connectivity index (χ0n) is 17.7. The van der Waals surface area contributed by atoms with Gasteiger partial charge < -0.3 is 9.73 Å². The summed E-state index contributed by atoms with van der Waals surface area (Å²) in [7, 11) is 0. The van der Waals surface area contributed by atoms with Crippen molar-refractivity contribution in [2.45, 2.75) is 0 Å². The van der Waals surface area contributed by atoms with Crippen molar-refractivity contribution in [3.8, 4) is 11.5 Å². The van der Waals surface area contributed by atoms with E-state index in [0.29, 0.717) is 33.3 Å². The summed E-state index contributed by atoms with van der Waals surface area (Å²) in [4.78, 5) is 17.8. The largest absolute Gasteiger partial charge is 0.436 e. The Bertz CT molecular complexity index is 1740. The monoisotopic (exact) mass is 526 g/mol. The van der Waals surface area contributed by atoms with Crippen LogP contribution < -0.4 is 5.32 Å². The third-order valence-corrected chi connectivity index (χ3v) is 6.88. The Morgan fingerprint density at radius 3 is 2.47 bits per heavy atom. The molecule has 0 fully saturated rings. The molecule has 1 aromatic heterocycles. The van der Waals surface area contributed by atoms with E-state index in [1.165, 1.54) is 0 Å². The molecule has 0 spiro atoms. The number of rotatable bonds is 3. The third-order valence-electron chi connectivity index (χ3n) is 5.86. The minimum absolute atomic E-state index is 0.185. The number of halogens is 2. The number of anilines is 1. The van der Waals surface area contributed by atoms with Gasteiger partial charge in [0.25, 0.3) is 5.91 Å².